The number of aliphatic hydroxyl groups is 3. The zero-order chi connectivity index (χ0) is 23.0. The Morgan fingerprint density at radius 2 is 1.69 bits per heavy atom. The topological polar surface area (TPSA) is 124 Å². The second-order valence-electron chi connectivity index (χ2n) is 7.76. The number of Topliss-reactive ketones (excluding diaryl/α,β-unsaturated/α-hetero) is 1. The number of ketones is 1. The Hall–Kier alpha value is -2.85. The van der Waals surface area contributed by atoms with Crippen molar-refractivity contribution >= 4 is 5.78 Å². The van der Waals surface area contributed by atoms with E-state index in [4.69, 9.17) is 23.7 Å². The summed E-state index contributed by atoms with van der Waals surface area (Å²) < 4.78 is 28.4. The summed E-state index contributed by atoms with van der Waals surface area (Å²) in [7, 11) is 2.87. The second kappa shape index (κ2) is 8.95. The van der Waals surface area contributed by atoms with E-state index in [1.807, 2.05) is 30.3 Å². The molecular formula is C23H26O9. The van der Waals surface area contributed by atoms with Crippen LogP contribution in [-0.4, -0.2) is 66.0 Å². The first-order valence-electron chi connectivity index (χ1n) is 10.3. The lowest BCUT2D eigenvalue weighted by Crippen LogP contribution is -2.58. The fourth-order valence-electron chi connectivity index (χ4n) is 3.95. The van der Waals surface area contributed by atoms with Crippen LogP contribution in [0.5, 0.6) is 23.0 Å². The lowest BCUT2D eigenvalue weighted by Gasteiger charge is -2.39. The molecule has 3 unspecified atom stereocenters. The molecule has 0 saturated carbocycles. The maximum atomic E-state index is 13.2. The minimum Gasteiger partial charge on any atom is -0.493 e. The van der Waals surface area contributed by atoms with Gasteiger partial charge in [-0.25, -0.2) is 0 Å². The van der Waals surface area contributed by atoms with Gasteiger partial charge in [-0.3, -0.25) is 4.79 Å². The predicted molar refractivity (Wildman–Crippen MR) is 111 cm³/mol. The Kier molecular flexibility index (Phi) is 6.25. The molecule has 6 atom stereocenters. The smallest absolute Gasteiger partial charge is 0.229 e. The van der Waals surface area contributed by atoms with Crippen LogP contribution in [0.15, 0.2) is 36.4 Å². The van der Waals surface area contributed by atoms with Crippen molar-refractivity contribution < 1.29 is 43.8 Å². The van der Waals surface area contributed by atoms with Gasteiger partial charge in [-0.1, -0.05) is 30.3 Å². The first-order valence-corrected chi connectivity index (χ1v) is 10.3. The number of aliphatic hydroxyl groups excluding tert-OH is 3. The standard InChI is InChI=1S/C23H26O9/c1-11-18(25)19(26)20(27)23(30-11)32-15-10-16(28-2)21(29-3)22-17(15)13(24)9-14(31-22)12-7-5-4-6-8-12/h4-8,10-11,14,18-20,23,25-27H,9H2,1-3H3/t11?,14?,18-,19?,20-,23-/m0/s1. The van der Waals surface area contributed by atoms with Gasteiger partial charge in [0.05, 0.1) is 26.7 Å². The third-order valence-corrected chi connectivity index (χ3v) is 5.72. The average Bonchev–Trinajstić information content (AvgIpc) is 2.80. The Morgan fingerprint density at radius 1 is 0.969 bits per heavy atom. The van der Waals surface area contributed by atoms with E-state index in [2.05, 4.69) is 0 Å². The number of hydrogen-bond acceptors (Lipinski definition) is 9. The minimum atomic E-state index is -1.54. The molecule has 4 rings (SSSR count). The third-order valence-electron chi connectivity index (χ3n) is 5.72. The summed E-state index contributed by atoms with van der Waals surface area (Å²) >= 11 is 0. The van der Waals surface area contributed by atoms with Gasteiger partial charge in [-0.2, -0.15) is 0 Å². The van der Waals surface area contributed by atoms with E-state index in [1.54, 1.807) is 6.92 Å². The van der Waals surface area contributed by atoms with Gasteiger partial charge in [-0.05, 0) is 12.5 Å². The number of benzene rings is 2. The molecule has 9 heteroatoms. The molecular weight excluding hydrogens is 420 g/mol. The summed E-state index contributed by atoms with van der Waals surface area (Å²) in [5.74, 6) is 0.439. The lowest BCUT2D eigenvalue weighted by molar-refractivity contribution is -0.268. The summed E-state index contributed by atoms with van der Waals surface area (Å²) in [5, 5.41) is 30.4. The summed E-state index contributed by atoms with van der Waals surface area (Å²) in [5.41, 5.74) is 0.953. The molecule has 0 aromatic heterocycles. The molecule has 0 spiro atoms. The Labute approximate surface area is 185 Å². The SMILES string of the molecule is COc1cc(O[C@@H]2OC(C)[C@H](O)C(O)[C@@H]2O)c2c(c1OC)OC(c1ccccc1)CC2=O. The molecule has 32 heavy (non-hydrogen) atoms. The molecule has 1 saturated heterocycles. The first-order chi connectivity index (χ1) is 15.3. The zero-order valence-corrected chi connectivity index (χ0v) is 17.9. The normalized spacial score (nSPS) is 29.6. The largest absolute Gasteiger partial charge is 0.493 e. The molecule has 1 fully saturated rings. The van der Waals surface area contributed by atoms with Crippen LogP contribution in [0.1, 0.15) is 35.4 Å². The fraction of sp³-hybridized carbons (Fsp3) is 0.435. The number of rotatable bonds is 5. The van der Waals surface area contributed by atoms with Crippen LogP contribution in [0.3, 0.4) is 0 Å². The molecule has 2 aliphatic heterocycles. The average molecular weight is 446 g/mol. The number of ether oxygens (including phenoxy) is 5. The van der Waals surface area contributed by atoms with E-state index < -0.39 is 36.8 Å². The maximum Gasteiger partial charge on any atom is 0.229 e. The van der Waals surface area contributed by atoms with Gasteiger partial charge in [0.25, 0.3) is 0 Å². The quantitative estimate of drug-likeness (QED) is 0.628. The highest BCUT2D eigenvalue weighted by atomic mass is 16.7. The summed E-state index contributed by atoms with van der Waals surface area (Å²) in [6, 6.07) is 10.8. The molecule has 2 aromatic carbocycles. The number of fused-ring (bicyclic) bond motifs is 1. The fourth-order valence-corrected chi connectivity index (χ4v) is 3.95. The zero-order valence-electron chi connectivity index (χ0n) is 17.9. The van der Waals surface area contributed by atoms with Crippen molar-refractivity contribution in [3.63, 3.8) is 0 Å². The van der Waals surface area contributed by atoms with E-state index in [9.17, 15) is 20.1 Å². The van der Waals surface area contributed by atoms with E-state index >= 15 is 0 Å². The maximum absolute atomic E-state index is 13.2. The van der Waals surface area contributed by atoms with E-state index in [0.717, 1.165) is 5.56 Å². The number of hydrogen-bond donors (Lipinski definition) is 3. The molecule has 0 radical (unpaired) electrons. The molecule has 2 heterocycles. The Morgan fingerprint density at radius 3 is 2.34 bits per heavy atom. The highest BCUT2D eigenvalue weighted by molar-refractivity contribution is 6.04. The lowest BCUT2D eigenvalue weighted by atomic mass is 9.94. The number of carbonyl (C=O) groups is 1. The van der Waals surface area contributed by atoms with Crippen molar-refractivity contribution in [2.75, 3.05) is 14.2 Å². The first kappa shape index (κ1) is 22.3. The molecule has 3 N–H and O–H groups in total. The van der Waals surface area contributed by atoms with Gasteiger partial charge < -0.3 is 39.0 Å². The highest BCUT2D eigenvalue weighted by Crippen LogP contribution is 2.50. The Bertz CT molecular complexity index is 977. The van der Waals surface area contributed by atoms with Gasteiger partial charge in [-0.15, -0.1) is 0 Å². The molecule has 2 aliphatic rings. The van der Waals surface area contributed by atoms with Gasteiger partial charge in [0, 0.05) is 6.07 Å². The number of carbonyl (C=O) groups excluding carboxylic acids is 1. The van der Waals surface area contributed by atoms with Crippen LogP contribution in [0.2, 0.25) is 0 Å². The van der Waals surface area contributed by atoms with Crippen molar-refractivity contribution in [3.8, 4) is 23.0 Å². The predicted octanol–water partition coefficient (Wildman–Crippen LogP) is 1.62. The molecule has 0 bridgehead atoms. The van der Waals surface area contributed by atoms with Crippen molar-refractivity contribution in [1.82, 2.24) is 0 Å². The monoisotopic (exact) mass is 446 g/mol. The van der Waals surface area contributed by atoms with Gasteiger partial charge in [0.2, 0.25) is 12.0 Å². The highest BCUT2D eigenvalue weighted by Gasteiger charge is 2.44. The van der Waals surface area contributed by atoms with E-state index in [0.29, 0.717) is 0 Å². The van der Waals surface area contributed by atoms with Gasteiger partial charge in [0.1, 0.15) is 35.7 Å². The van der Waals surface area contributed by atoms with Gasteiger partial charge >= 0.3 is 0 Å². The second-order valence-corrected chi connectivity index (χ2v) is 7.76. The summed E-state index contributed by atoms with van der Waals surface area (Å²) in [4.78, 5) is 13.2. The summed E-state index contributed by atoms with van der Waals surface area (Å²) in [6.45, 7) is 1.54. The van der Waals surface area contributed by atoms with E-state index in [-0.39, 0.29) is 40.8 Å². The van der Waals surface area contributed by atoms with Crippen LogP contribution in [0.25, 0.3) is 0 Å². The molecule has 0 amide bonds. The minimum absolute atomic E-state index is 0.0500. The molecule has 172 valence electrons. The van der Waals surface area contributed by atoms with Crippen LogP contribution < -0.4 is 18.9 Å². The molecule has 0 aliphatic carbocycles. The summed E-state index contributed by atoms with van der Waals surface area (Å²) in [6.07, 6.45) is -6.89. The molecule has 9 nitrogen and oxygen atoms in total. The van der Waals surface area contributed by atoms with Crippen LogP contribution in [-0.2, 0) is 4.74 Å². The number of methoxy groups -OCH3 is 2. The van der Waals surface area contributed by atoms with E-state index in [1.165, 1.54) is 20.3 Å². The van der Waals surface area contributed by atoms with Crippen LogP contribution in [0.4, 0.5) is 0 Å². The van der Waals surface area contributed by atoms with Crippen molar-refractivity contribution in [1.29, 1.82) is 0 Å². The third kappa shape index (κ3) is 3.88. The Balaban J connectivity index is 1.75. The molecule has 2 aromatic rings. The van der Waals surface area contributed by atoms with Crippen molar-refractivity contribution in [3.05, 3.63) is 47.5 Å². The van der Waals surface area contributed by atoms with Crippen LogP contribution in [0, 0.1) is 0 Å². The van der Waals surface area contributed by atoms with Crippen molar-refractivity contribution in [2.45, 2.75) is 50.2 Å². The van der Waals surface area contributed by atoms with Gasteiger partial charge in [0.15, 0.2) is 17.3 Å². The van der Waals surface area contributed by atoms with Crippen LogP contribution >= 0.6 is 0 Å². The van der Waals surface area contributed by atoms with Crippen molar-refractivity contribution in [2.24, 2.45) is 0 Å².